The van der Waals surface area contributed by atoms with Crippen LogP contribution in [0.2, 0.25) is 5.31 Å². The van der Waals surface area contributed by atoms with Gasteiger partial charge in [0.1, 0.15) is 0 Å². The molecule has 19 heavy (non-hydrogen) atoms. The molecule has 3 fully saturated rings. The molecule has 107 valence electrons. The minimum absolute atomic E-state index is 0.497. The molecule has 2 heteroatoms. The molecule has 1 heterocycles. The molecular formula is C17H31BN. The molecular weight excluding hydrogens is 229 g/mol. The largest absolute Gasteiger partial charge is 0.345 e. The molecule has 1 nitrogen and oxygen atoms in total. The maximum absolute atomic E-state index is 2.68. The molecule has 3 aliphatic rings. The third-order valence-electron chi connectivity index (χ3n) is 6.14. The van der Waals surface area contributed by atoms with Crippen molar-refractivity contribution in [1.29, 1.82) is 0 Å². The van der Waals surface area contributed by atoms with Crippen molar-refractivity contribution in [2.75, 3.05) is 13.1 Å². The highest BCUT2D eigenvalue weighted by molar-refractivity contribution is 6.36. The molecule has 3 rings (SSSR count). The minimum Gasteiger partial charge on any atom is -0.345 e. The number of piperidine rings is 1. The van der Waals surface area contributed by atoms with Crippen LogP contribution in [-0.4, -0.2) is 25.3 Å². The maximum atomic E-state index is 2.68. The van der Waals surface area contributed by atoms with E-state index in [9.17, 15) is 0 Å². The fourth-order valence-corrected chi connectivity index (χ4v) is 4.60. The van der Waals surface area contributed by atoms with Gasteiger partial charge >= 0.3 is 0 Å². The van der Waals surface area contributed by atoms with Gasteiger partial charge in [0.15, 0.2) is 0 Å². The standard InChI is InChI=1S/C17H31BN/c1-14-15-12-19(13-16(14)15)18-17(2)10-8-6-4-3-5-7-9-11-17/h14-16H,3-13H2,1-2H3. The monoisotopic (exact) mass is 260 g/mol. The first-order valence-electron chi connectivity index (χ1n) is 8.78. The summed E-state index contributed by atoms with van der Waals surface area (Å²) in [6, 6.07) is 0. The lowest BCUT2D eigenvalue weighted by molar-refractivity contribution is 0.381. The Hall–Kier alpha value is 0.0249. The number of hydrogen-bond donors (Lipinski definition) is 0. The quantitative estimate of drug-likeness (QED) is 0.660. The second-order valence-corrected chi connectivity index (χ2v) is 7.90. The zero-order valence-electron chi connectivity index (χ0n) is 13.0. The second-order valence-electron chi connectivity index (χ2n) is 7.90. The maximum Gasteiger partial charge on any atom is 0.215 e. The Morgan fingerprint density at radius 3 is 1.84 bits per heavy atom. The zero-order chi connectivity index (χ0) is 13.3. The lowest BCUT2D eigenvalue weighted by Crippen LogP contribution is -2.36. The summed E-state index contributed by atoms with van der Waals surface area (Å²) >= 11 is 0. The molecule has 0 bridgehead atoms. The summed E-state index contributed by atoms with van der Waals surface area (Å²) in [7, 11) is 2.66. The molecule has 2 saturated carbocycles. The highest BCUT2D eigenvalue weighted by Gasteiger charge is 2.53. The van der Waals surface area contributed by atoms with Gasteiger partial charge in [-0.25, -0.2) is 0 Å². The highest BCUT2D eigenvalue weighted by atomic mass is 15.1. The van der Waals surface area contributed by atoms with Gasteiger partial charge in [0, 0.05) is 0 Å². The first-order valence-corrected chi connectivity index (χ1v) is 8.78. The van der Waals surface area contributed by atoms with Crippen LogP contribution in [0.1, 0.15) is 71.6 Å². The van der Waals surface area contributed by atoms with Crippen molar-refractivity contribution in [3.05, 3.63) is 0 Å². The van der Waals surface area contributed by atoms with Crippen molar-refractivity contribution in [2.45, 2.75) is 76.9 Å². The smallest absolute Gasteiger partial charge is 0.215 e. The van der Waals surface area contributed by atoms with E-state index < -0.39 is 0 Å². The van der Waals surface area contributed by atoms with Crippen LogP contribution in [-0.2, 0) is 0 Å². The number of nitrogens with zero attached hydrogens (tertiary/aromatic N) is 1. The van der Waals surface area contributed by atoms with Crippen LogP contribution in [0.5, 0.6) is 0 Å². The Balaban J connectivity index is 1.50. The van der Waals surface area contributed by atoms with E-state index in [2.05, 4.69) is 26.1 Å². The van der Waals surface area contributed by atoms with E-state index in [1.54, 1.807) is 0 Å². The molecule has 1 aliphatic heterocycles. The van der Waals surface area contributed by atoms with Crippen LogP contribution in [0.15, 0.2) is 0 Å². The molecule has 0 aromatic rings. The molecule has 0 spiro atoms. The predicted octanol–water partition coefficient (Wildman–Crippen LogP) is 4.51. The third kappa shape index (κ3) is 3.38. The summed E-state index contributed by atoms with van der Waals surface area (Å²) < 4.78 is 0. The average Bonchev–Trinajstić information content (AvgIpc) is 2.82. The van der Waals surface area contributed by atoms with Crippen molar-refractivity contribution < 1.29 is 0 Å². The molecule has 2 unspecified atom stereocenters. The van der Waals surface area contributed by atoms with Crippen LogP contribution in [0.25, 0.3) is 0 Å². The fraction of sp³-hybridized carbons (Fsp3) is 1.00. The van der Waals surface area contributed by atoms with E-state index >= 15 is 0 Å². The van der Waals surface area contributed by atoms with E-state index in [1.807, 2.05) is 0 Å². The van der Waals surface area contributed by atoms with Crippen LogP contribution in [0.4, 0.5) is 0 Å². The van der Waals surface area contributed by atoms with Gasteiger partial charge in [0.2, 0.25) is 7.41 Å². The van der Waals surface area contributed by atoms with Crippen molar-refractivity contribution in [2.24, 2.45) is 17.8 Å². The summed E-state index contributed by atoms with van der Waals surface area (Å²) in [5.74, 6) is 3.11. The summed E-state index contributed by atoms with van der Waals surface area (Å²) in [6.07, 6.45) is 13.1. The van der Waals surface area contributed by atoms with E-state index in [0.29, 0.717) is 5.31 Å². The van der Waals surface area contributed by atoms with E-state index in [4.69, 9.17) is 0 Å². The van der Waals surface area contributed by atoms with Crippen molar-refractivity contribution in [3.8, 4) is 0 Å². The molecule has 0 aromatic carbocycles. The Morgan fingerprint density at radius 2 is 1.32 bits per heavy atom. The number of fused-ring (bicyclic) bond motifs is 1. The summed E-state index contributed by atoms with van der Waals surface area (Å²) in [5, 5.41) is 0.497. The van der Waals surface area contributed by atoms with Crippen molar-refractivity contribution in [1.82, 2.24) is 4.81 Å². The Kier molecular flexibility index (Phi) is 4.27. The predicted molar refractivity (Wildman–Crippen MR) is 83.4 cm³/mol. The van der Waals surface area contributed by atoms with Crippen LogP contribution in [0.3, 0.4) is 0 Å². The van der Waals surface area contributed by atoms with Crippen molar-refractivity contribution >= 4 is 7.41 Å². The van der Waals surface area contributed by atoms with Crippen LogP contribution >= 0.6 is 0 Å². The minimum atomic E-state index is 0.497. The second kappa shape index (κ2) is 5.80. The third-order valence-corrected chi connectivity index (χ3v) is 6.14. The first kappa shape index (κ1) is 14.0. The first-order chi connectivity index (χ1) is 9.18. The van der Waals surface area contributed by atoms with Gasteiger partial charge in [0.05, 0.1) is 0 Å². The topological polar surface area (TPSA) is 3.24 Å². The van der Waals surface area contributed by atoms with Gasteiger partial charge in [-0.05, 0) is 36.2 Å². The van der Waals surface area contributed by atoms with Gasteiger partial charge in [-0.1, -0.05) is 71.6 Å². The average molecular weight is 260 g/mol. The van der Waals surface area contributed by atoms with Crippen LogP contribution < -0.4 is 0 Å². The highest BCUT2D eigenvalue weighted by Crippen LogP contribution is 2.52. The number of hydrogen-bond acceptors (Lipinski definition) is 1. The molecule has 1 radical (unpaired) electrons. The normalized spacial score (nSPS) is 39.6. The molecule has 0 aromatic heterocycles. The molecule has 0 amide bonds. The SMILES string of the molecule is CC1C2CN([B]C3(C)CCCCCCCCC3)CC12. The number of rotatable bonds is 2. The lowest BCUT2D eigenvalue weighted by Gasteiger charge is -2.34. The van der Waals surface area contributed by atoms with Gasteiger partial charge < -0.3 is 4.81 Å². The summed E-state index contributed by atoms with van der Waals surface area (Å²) in [4.78, 5) is 2.68. The van der Waals surface area contributed by atoms with Gasteiger partial charge in [-0.3, -0.25) is 0 Å². The van der Waals surface area contributed by atoms with Crippen LogP contribution in [0, 0.1) is 17.8 Å². The Labute approximate surface area is 120 Å². The van der Waals surface area contributed by atoms with Gasteiger partial charge in [0.25, 0.3) is 0 Å². The summed E-state index contributed by atoms with van der Waals surface area (Å²) in [6.45, 7) is 7.70. The fourth-order valence-electron chi connectivity index (χ4n) is 4.60. The zero-order valence-corrected chi connectivity index (χ0v) is 13.0. The summed E-state index contributed by atoms with van der Waals surface area (Å²) in [5.41, 5.74) is 0. The lowest BCUT2D eigenvalue weighted by atomic mass is 9.55. The molecule has 2 aliphatic carbocycles. The van der Waals surface area contributed by atoms with Gasteiger partial charge in [-0.2, -0.15) is 0 Å². The van der Waals surface area contributed by atoms with Gasteiger partial charge in [-0.15, -0.1) is 0 Å². The van der Waals surface area contributed by atoms with E-state index in [0.717, 1.165) is 17.8 Å². The molecule has 1 saturated heterocycles. The van der Waals surface area contributed by atoms with E-state index in [1.165, 1.54) is 70.9 Å². The molecule has 0 N–H and O–H groups in total. The molecule has 2 atom stereocenters. The Bertz CT molecular complexity index is 282. The van der Waals surface area contributed by atoms with E-state index in [-0.39, 0.29) is 0 Å². The van der Waals surface area contributed by atoms with Crippen molar-refractivity contribution in [3.63, 3.8) is 0 Å². The Morgan fingerprint density at radius 1 is 0.842 bits per heavy atom.